The maximum atomic E-state index is 13.2. The first-order chi connectivity index (χ1) is 12.2. The van der Waals surface area contributed by atoms with Gasteiger partial charge in [0.2, 0.25) is 5.91 Å². The van der Waals surface area contributed by atoms with Crippen molar-refractivity contribution in [1.29, 1.82) is 0 Å². The normalized spacial score (nSPS) is 11.8. The van der Waals surface area contributed by atoms with Gasteiger partial charge in [0.05, 0.1) is 23.3 Å². The van der Waals surface area contributed by atoms with Crippen molar-refractivity contribution >= 4 is 34.7 Å². The largest absolute Gasteiger partial charge is 0.465 e. The van der Waals surface area contributed by atoms with Crippen LogP contribution in [0.3, 0.4) is 0 Å². The zero-order chi connectivity index (χ0) is 19.3. The van der Waals surface area contributed by atoms with E-state index in [9.17, 15) is 22.8 Å². The Balaban J connectivity index is 2.31. The smallest absolute Gasteiger partial charge is 0.417 e. The summed E-state index contributed by atoms with van der Waals surface area (Å²) in [5, 5.41) is 2.37. The fourth-order valence-corrected chi connectivity index (χ4v) is 2.32. The zero-order valence-electron chi connectivity index (χ0n) is 13.4. The number of ether oxygens (including phenoxy) is 1. The number of alkyl halides is 3. The molecule has 0 aliphatic heterocycles. The molecule has 0 fully saturated rings. The van der Waals surface area contributed by atoms with Gasteiger partial charge < -0.3 is 10.1 Å². The Morgan fingerprint density at radius 3 is 2.35 bits per heavy atom. The Morgan fingerprint density at radius 2 is 1.77 bits per heavy atom. The Kier molecular flexibility index (Phi) is 6.05. The maximum Gasteiger partial charge on any atom is 0.417 e. The second-order valence-corrected chi connectivity index (χ2v) is 5.50. The number of anilines is 1. The van der Waals surface area contributed by atoms with Crippen LogP contribution in [-0.4, -0.2) is 25.2 Å². The molecule has 0 aliphatic rings. The first kappa shape index (κ1) is 19.5. The molecule has 1 N–H and O–H groups in total. The summed E-state index contributed by atoms with van der Waals surface area (Å²) in [6.07, 6.45) is -4.25. The molecular formula is C18H13ClF3NO3. The first-order valence-corrected chi connectivity index (χ1v) is 7.63. The molecule has 136 valence electrons. The summed E-state index contributed by atoms with van der Waals surface area (Å²) >= 11 is 5.86. The third-order valence-corrected chi connectivity index (χ3v) is 3.63. The number of hydrogen-bond donors (Lipinski definition) is 1. The van der Waals surface area contributed by atoms with Gasteiger partial charge in [-0.3, -0.25) is 4.79 Å². The van der Waals surface area contributed by atoms with E-state index in [-0.39, 0.29) is 21.8 Å². The van der Waals surface area contributed by atoms with Gasteiger partial charge in [0, 0.05) is 11.8 Å². The van der Waals surface area contributed by atoms with E-state index in [0.29, 0.717) is 6.08 Å². The summed E-state index contributed by atoms with van der Waals surface area (Å²) in [7, 11) is 1.15. The number of carbonyl (C=O) groups is 2. The Labute approximate surface area is 152 Å². The molecule has 0 saturated carbocycles. The van der Waals surface area contributed by atoms with Crippen molar-refractivity contribution in [3.63, 3.8) is 0 Å². The summed E-state index contributed by atoms with van der Waals surface area (Å²) < 4.78 is 44.3. The molecule has 4 nitrogen and oxygen atoms in total. The molecule has 0 unspecified atom stereocenters. The van der Waals surface area contributed by atoms with Crippen LogP contribution in [0.1, 0.15) is 15.9 Å². The molecule has 0 aliphatic carbocycles. The molecule has 0 spiro atoms. The number of methoxy groups -OCH3 is 1. The van der Waals surface area contributed by atoms with Gasteiger partial charge in [0.25, 0.3) is 0 Å². The van der Waals surface area contributed by atoms with Crippen LogP contribution in [0.25, 0.3) is 5.57 Å². The molecule has 2 rings (SSSR count). The maximum absolute atomic E-state index is 13.2. The summed E-state index contributed by atoms with van der Waals surface area (Å²) in [6, 6.07) is 10.9. The average molecular weight is 384 g/mol. The summed E-state index contributed by atoms with van der Waals surface area (Å²) in [6.45, 7) is 0. The summed E-state index contributed by atoms with van der Waals surface area (Å²) in [4.78, 5) is 23.6. The number of rotatable bonds is 4. The van der Waals surface area contributed by atoms with Crippen molar-refractivity contribution in [1.82, 2.24) is 0 Å². The number of halogens is 4. The fraction of sp³-hybridized carbons (Fsp3) is 0.111. The number of amides is 1. The molecule has 0 saturated heterocycles. The van der Waals surface area contributed by atoms with E-state index < -0.39 is 23.6 Å². The average Bonchev–Trinajstić information content (AvgIpc) is 2.60. The van der Waals surface area contributed by atoms with E-state index in [0.717, 1.165) is 7.11 Å². The first-order valence-electron chi connectivity index (χ1n) is 7.25. The Morgan fingerprint density at radius 1 is 1.12 bits per heavy atom. The highest BCUT2D eigenvalue weighted by Crippen LogP contribution is 2.33. The number of esters is 1. The third-order valence-electron chi connectivity index (χ3n) is 3.30. The van der Waals surface area contributed by atoms with Gasteiger partial charge in [0.15, 0.2) is 0 Å². The van der Waals surface area contributed by atoms with Crippen LogP contribution in [0.5, 0.6) is 0 Å². The van der Waals surface area contributed by atoms with Crippen LogP contribution >= 0.6 is 11.6 Å². The lowest BCUT2D eigenvalue weighted by Crippen LogP contribution is -2.16. The van der Waals surface area contributed by atoms with E-state index in [4.69, 9.17) is 11.6 Å². The molecule has 0 heterocycles. The molecule has 26 heavy (non-hydrogen) atoms. The predicted molar refractivity (Wildman–Crippen MR) is 91.9 cm³/mol. The van der Waals surface area contributed by atoms with Gasteiger partial charge >= 0.3 is 12.1 Å². The highest BCUT2D eigenvalue weighted by atomic mass is 35.5. The van der Waals surface area contributed by atoms with Crippen molar-refractivity contribution in [2.75, 3.05) is 12.4 Å². The number of allylic oxidation sites excluding steroid dienone is 1. The van der Waals surface area contributed by atoms with Crippen LogP contribution < -0.4 is 5.32 Å². The van der Waals surface area contributed by atoms with Gasteiger partial charge in [-0.15, -0.1) is 0 Å². The van der Waals surface area contributed by atoms with Crippen LogP contribution in [0.4, 0.5) is 18.9 Å². The minimum absolute atomic E-state index is 0.0185. The number of benzene rings is 2. The van der Waals surface area contributed by atoms with Crippen LogP contribution in [0.2, 0.25) is 5.02 Å². The van der Waals surface area contributed by atoms with Crippen molar-refractivity contribution in [3.8, 4) is 0 Å². The van der Waals surface area contributed by atoms with E-state index in [1.165, 1.54) is 42.5 Å². The van der Waals surface area contributed by atoms with Crippen molar-refractivity contribution in [2.24, 2.45) is 0 Å². The SMILES string of the molecule is COC(=O)c1cc(NC(=O)/C=C(/c2ccccc2)C(F)(F)F)ccc1Cl. The van der Waals surface area contributed by atoms with Gasteiger partial charge in [-0.05, 0) is 23.8 Å². The van der Waals surface area contributed by atoms with Gasteiger partial charge in [-0.2, -0.15) is 13.2 Å². The lowest BCUT2D eigenvalue weighted by molar-refractivity contribution is -0.112. The monoisotopic (exact) mass is 383 g/mol. The van der Waals surface area contributed by atoms with Gasteiger partial charge in [-0.1, -0.05) is 41.9 Å². The standard InChI is InChI=1S/C18H13ClF3NO3/c1-26-17(25)13-9-12(7-8-15(13)19)23-16(24)10-14(18(20,21)22)11-5-3-2-4-6-11/h2-10H,1H3,(H,23,24)/b14-10-. The molecular weight excluding hydrogens is 371 g/mol. The summed E-state index contributed by atoms with van der Waals surface area (Å²) in [5.74, 6) is -1.73. The lowest BCUT2D eigenvalue weighted by atomic mass is 10.1. The van der Waals surface area contributed by atoms with E-state index in [1.807, 2.05) is 0 Å². The molecule has 2 aromatic rings. The van der Waals surface area contributed by atoms with Crippen molar-refractivity contribution in [3.05, 3.63) is 70.8 Å². The second-order valence-electron chi connectivity index (χ2n) is 5.10. The van der Waals surface area contributed by atoms with Crippen LogP contribution in [0.15, 0.2) is 54.6 Å². The van der Waals surface area contributed by atoms with Crippen LogP contribution in [0, 0.1) is 0 Å². The van der Waals surface area contributed by atoms with Gasteiger partial charge in [-0.25, -0.2) is 4.79 Å². The lowest BCUT2D eigenvalue weighted by Gasteiger charge is -2.12. The quantitative estimate of drug-likeness (QED) is 0.614. The molecule has 0 aromatic heterocycles. The predicted octanol–water partition coefficient (Wildman–Crippen LogP) is 4.71. The number of nitrogens with one attached hydrogen (secondary N) is 1. The number of carbonyl (C=O) groups excluding carboxylic acids is 2. The van der Waals surface area contributed by atoms with E-state index in [2.05, 4.69) is 10.1 Å². The fourth-order valence-electron chi connectivity index (χ4n) is 2.13. The van der Waals surface area contributed by atoms with Gasteiger partial charge in [0.1, 0.15) is 0 Å². The molecule has 0 bridgehead atoms. The second kappa shape index (κ2) is 8.05. The summed E-state index contributed by atoms with van der Waals surface area (Å²) in [5.41, 5.74) is -1.14. The Hall–Kier alpha value is -2.80. The third kappa shape index (κ3) is 4.86. The van der Waals surface area contributed by atoms with Crippen molar-refractivity contribution in [2.45, 2.75) is 6.18 Å². The number of hydrogen-bond acceptors (Lipinski definition) is 3. The van der Waals surface area contributed by atoms with E-state index >= 15 is 0 Å². The molecule has 0 atom stereocenters. The minimum Gasteiger partial charge on any atom is -0.465 e. The van der Waals surface area contributed by atoms with E-state index in [1.54, 1.807) is 6.07 Å². The topological polar surface area (TPSA) is 55.4 Å². The molecule has 0 radical (unpaired) electrons. The van der Waals surface area contributed by atoms with Crippen LogP contribution in [-0.2, 0) is 9.53 Å². The van der Waals surface area contributed by atoms with Crippen molar-refractivity contribution < 1.29 is 27.5 Å². The Bertz CT molecular complexity index is 849. The molecule has 8 heteroatoms. The molecule has 2 aromatic carbocycles. The zero-order valence-corrected chi connectivity index (χ0v) is 14.2. The molecule has 1 amide bonds. The highest BCUT2D eigenvalue weighted by Gasteiger charge is 2.35. The minimum atomic E-state index is -4.71. The highest BCUT2D eigenvalue weighted by molar-refractivity contribution is 6.33.